The Kier molecular flexibility index (Phi) is 4.63. The van der Waals surface area contributed by atoms with Crippen LogP contribution < -0.4 is 10.5 Å². The Hall–Kier alpha value is -1.74. The molecule has 3 nitrogen and oxygen atoms in total. The van der Waals surface area contributed by atoms with Crippen molar-refractivity contribution in [2.75, 3.05) is 32.0 Å². The molecule has 0 aromatic heterocycles. The fraction of sp³-hybridized carbons (Fsp3) is 0.375. The van der Waals surface area contributed by atoms with Crippen molar-refractivity contribution >= 4 is 16.5 Å². The molecule has 0 aliphatic carbocycles. The number of fused-ring (bicyclic) bond motifs is 1. The van der Waals surface area contributed by atoms with Crippen LogP contribution in [0, 0.1) is 0 Å². The van der Waals surface area contributed by atoms with Gasteiger partial charge in [0.15, 0.2) is 0 Å². The third kappa shape index (κ3) is 3.18. The molecule has 2 aromatic carbocycles. The lowest BCUT2D eigenvalue weighted by atomic mass is 10.1. The smallest absolute Gasteiger partial charge is 0.127 e. The molecule has 0 aliphatic heterocycles. The van der Waals surface area contributed by atoms with Gasteiger partial charge in [-0.2, -0.15) is 0 Å². The summed E-state index contributed by atoms with van der Waals surface area (Å²) in [6.07, 6.45) is 0. The first-order valence-electron chi connectivity index (χ1n) is 6.88. The lowest BCUT2D eigenvalue weighted by Gasteiger charge is -2.18. The fourth-order valence-corrected chi connectivity index (χ4v) is 2.26. The molecule has 102 valence electrons. The predicted molar refractivity (Wildman–Crippen MR) is 81.6 cm³/mol. The van der Waals surface area contributed by atoms with Gasteiger partial charge in [0, 0.05) is 23.0 Å². The molecule has 0 radical (unpaired) electrons. The van der Waals surface area contributed by atoms with Crippen LogP contribution >= 0.6 is 0 Å². The van der Waals surface area contributed by atoms with E-state index in [1.807, 2.05) is 30.3 Å². The normalized spacial score (nSPS) is 11.1. The summed E-state index contributed by atoms with van der Waals surface area (Å²) in [4.78, 5) is 2.35. The van der Waals surface area contributed by atoms with Gasteiger partial charge in [-0.25, -0.2) is 0 Å². The summed E-state index contributed by atoms with van der Waals surface area (Å²) < 4.78 is 5.91. The van der Waals surface area contributed by atoms with E-state index in [-0.39, 0.29) is 0 Å². The van der Waals surface area contributed by atoms with Crippen molar-refractivity contribution in [3.8, 4) is 5.75 Å². The van der Waals surface area contributed by atoms with E-state index < -0.39 is 0 Å². The monoisotopic (exact) mass is 258 g/mol. The van der Waals surface area contributed by atoms with Crippen LogP contribution in [0.3, 0.4) is 0 Å². The number of likely N-dealkylation sites (N-methyl/N-ethyl adjacent to an activating group) is 1. The van der Waals surface area contributed by atoms with Crippen molar-refractivity contribution < 1.29 is 4.74 Å². The second kappa shape index (κ2) is 6.43. The van der Waals surface area contributed by atoms with Gasteiger partial charge in [0.1, 0.15) is 12.4 Å². The maximum atomic E-state index is 5.98. The minimum atomic E-state index is 0.704. The number of anilines is 1. The Morgan fingerprint density at radius 2 is 1.68 bits per heavy atom. The average Bonchev–Trinajstić information content (AvgIpc) is 2.44. The number of benzene rings is 2. The molecule has 0 saturated carbocycles. The topological polar surface area (TPSA) is 38.5 Å². The molecule has 0 bridgehead atoms. The van der Waals surface area contributed by atoms with Crippen LogP contribution in [-0.2, 0) is 0 Å². The highest BCUT2D eigenvalue weighted by Gasteiger charge is 2.05. The third-order valence-electron chi connectivity index (χ3n) is 3.48. The minimum absolute atomic E-state index is 0.704. The van der Waals surface area contributed by atoms with E-state index in [0.29, 0.717) is 6.61 Å². The van der Waals surface area contributed by atoms with E-state index in [2.05, 4.69) is 24.8 Å². The molecule has 0 unspecified atom stereocenters. The number of nitrogens with two attached hydrogens (primary N) is 1. The summed E-state index contributed by atoms with van der Waals surface area (Å²) in [7, 11) is 0. The molecular weight excluding hydrogens is 236 g/mol. The van der Waals surface area contributed by atoms with Gasteiger partial charge in [0.2, 0.25) is 0 Å². The highest BCUT2D eigenvalue weighted by atomic mass is 16.5. The van der Waals surface area contributed by atoms with Crippen molar-refractivity contribution in [3.63, 3.8) is 0 Å². The average molecular weight is 258 g/mol. The zero-order valence-corrected chi connectivity index (χ0v) is 11.7. The third-order valence-corrected chi connectivity index (χ3v) is 3.48. The van der Waals surface area contributed by atoms with Gasteiger partial charge in [0.25, 0.3) is 0 Å². The summed E-state index contributed by atoms with van der Waals surface area (Å²) in [5, 5.41) is 2.14. The molecule has 2 rings (SSSR count). The van der Waals surface area contributed by atoms with E-state index in [0.717, 1.165) is 41.8 Å². The Balaban J connectivity index is 2.11. The maximum absolute atomic E-state index is 5.98. The van der Waals surface area contributed by atoms with Crippen molar-refractivity contribution in [2.45, 2.75) is 13.8 Å². The van der Waals surface area contributed by atoms with Crippen molar-refractivity contribution in [1.29, 1.82) is 0 Å². The summed E-state index contributed by atoms with van der Waals surface area (Å²) in [6, 6.07) is 12.0. The second-order valence-electron chi connectivity index (χ2n) is 4.57. The van der Waals surface area contributed by atoms with Gasteiger partial charge in [-0.3, -0.25) is 0 Å². The van der Waals surface area contributed by atoms with E-state index in [9.17, 15) is 0 Å². The van der Waals surface area contributed by atoms with Crippen LogP contribution in [0.25, 0.3) is 10.8 Å². The van der Waals surface area contributed by atoms with Gasteiger partial charge in [0.05, 0.1) is 0 Å². The van der Waals surface area contributed by atoms with E-state index in [4.69, 9.17) is 10.5 Å². The van der Waals surface area contributed by atoms with Crippen LogP contribution in [-0.4, -0.2) is 31.1 Å². The largest absolute Gasteiger partial charge is 0.492 e. The van der Waals surface area contributed by atoms with Crippen molar-refractivity contribution in [3.05, 3.63) is 36.4 Å². The van der Waals surface area contributed by atoms with Gasteiger partial charge in [-0.1, -0.05) is 38.1 Å². The molecule has 0 amide bonds. The Labute approximate surface area is 115 Å². The lowest BCUT2D eigenvalue weighted by Crippen LogP contribution is -2.27. The zero-order valence-electron chi connectivity index (χ0n) is 11.7. The molecule has 19 heavy (non-hydrogen) atoms. The Morgan fingerprint density at radius 1 is 1.00 bits per heavy atom. The number of rotatable bonds is 6. The summed E-state index contributed by atoms with van der Waals surface area (Å²) >= 11 is 0. The van der Waals surface area contributed by atoms with Gasteiger partial charge in [-0.05, 0) is 25.2 Å². The van der Waals surface area contributed by atoms with Gasteiger partial charge >= 0.3 is 0 Å². The SMILES string of the molecule is CCN(CC)CCOc1cccc2c(N)cccc12. The molecule has 0 fully saturated rings. The molecule has 0 aliphatic rings. The number of hydrogen-bond acceptors (Lipinski definition) is 3. The van der Waals surface area contributed by atoms with Crippen molar-refractivity contribution in [1.82, 2.24) is 4.90 Å². The molecule has 2 aromatic rings. The first kappa shape index (κ1) is 13.7. The molecule has 0 spiro atoms. The van der Waals surface area contributed by atoms with E-state index >= 15 is 0 Å². The standard InChI is InChI=1S/C16H22N2O/c1-3-18(4-2)11-12-19-16-10-6-7-13-14(16)8-5-9-15(13)17/h5-10H,3-4,11-12,17H2,1-2H3. The summed E-state index contributed by atoms with van der Waals surface area (Å²) in [5.41, 5.74) is 6.78. The molecule has 3 heteroatoms. The van der Waals surface area contributed by atoms with Crippen LogP contribution in [0.5, 0.6) is 5.75 Å². The quantitative estimate of drug-likeness (QED) is 0.809. The first-order chi connectivity index (χ1) is 9.26. The number of ether oxygens (including phenoxy) is 1. The minimum Gasteiger partial charge on any atom is -0.492 e. The number of nitrogens with zero attached hydrogens (tertiary/aromatic N) is 1. The van der Waals surface area contributed by atoms with Crippen molar-refractivity contribution in [2.24, 2.45) is 0 Å². The summed E-state index contributed by atoms with van der Waals surface area (Å²) in [5.74, 6) is 0.914. The molecule has 0 atom stereocenters. The predicted octanol–water partition coefficient (Wildman–Crippen LogP) is 3.14. The van der Waals surface area contributed by atoms with Gasteiger partial charge in [-0.15, -0.1) is 0 Å². The van der Waals surface area contributed by atoms with E-state index in [1.54, 1.807) is 0 Å². The maximum Gasteiger partial charge on any atom is 0.127 e. The summed E-state index contributed by atoms with van der Waals surface area (Å²) in [6.45, 7) is 8.11. The Morgan fingerprint density at radius 3 is 2.42 bits per heavy atom. The zero-order chi connectivity index (χ0) is 13.7. The second-order valence-corrected chi connectivity index (χ2v) is 4.57. The van der Waals surface area contributed by atoms with Gasteiger partial charge < -0.3 is 15.4 Å². The highest BCUT2D eigenvalue weighted by molar-refractivity contribution is 5.96. The van der Waals surface area contributed by atoms with Crippen LogP contribution in [0.4, 0.5) is 5.69 Å². The van der Waals surface area contributed by atoms with Crippen LogP contribution in [0.1, 0.15) is 13.8 Å². The highest BCUT2D eigenvalue weighted by Crippen LogP contribution is 2.29. The molecule has 0 heterocycles. The number of nitrogen functional groups attached to an aromatic ring is 1. The number of hydrogen-bond donors (Lipinski definition) is 1. The molecule has 2 N–H and O–H groups in total. The van der Waals surface area contributed by atoms with Crippen LogP contribution in [0.2, 0.25) is 0 Å². The lowest BCUT2D eigenvalue weighted by molar-refractivity contribution is 0.224. The molecule has 0 saturated heterocycles. The fourth-order valence-electron chi connectivity index (χ4n) is 2.26. The molecular formula is C16H22N2O. The first-order valence-corrected chi connectivity index (χ1v) is 6.88. The Bertz CT molecular complexity index is 535. The van der Waals surface area contributed by atoms with Crippen LogP contribution in [0.15, 0.2) is 36.4 Å². The van der Waals surface area contributed by atoms with E-state index in [1.165, 1.54) is 0 Å².